The summed E-state index contributed by atoms with van der Waals surface area (Å²) >= 11 is 0. The molecule has 0 aliphatic heterocycles. The van der Waals surface area contributed by atoms with Crippen molar-refractivity contribution in [3.8, 4) is 0 Å². The van der Waals surface area contributed by atoms with E-state index in [0.717, 1.165) is 33.5 Å². The highest BCUT2D eigenvalue weighted by atomic mass is 15.1. The van der Waals surface area contributed by atoms with Gasteiger partial charge in [0.15, 0.2) is 0 Å². The lowest BCUT2D eigenvalue weighted by Crippen LogP contribution is -1.90. The summed E-state index contributed by atoms with van der Waals surface area (Å²) < 4.78 is 0. The molecule has 0 saturated heterocycles. The van der Waals surface area contributed by atoms with Crippen molar-refractivity contribution in [3.63, 3.8) is 0 Å². The molecule has 0 aliphatic rings. The van der Waals surface area contributed by atoms with Crippen LogP contribution in [0.5, 0.6) is 0 Å². The third kappa shape index (κ3) is 3.47. The third-order valence-electron chi connectivity index (χ3n) is 4.25. The Hall–Kier alpha value is -3.46. The molecule has 0 saturated carbocycles. The molecular formula is C23H19N3. The van der Waals surface area contributed by atoms with E-state index in [1.54, 1.807) is 0 Å². The van der Waals surface area contributed by atoms with Gasteiger partial charge in [0.1, 0.15) is 5.69 Å². The second-order valence-electron chi connectivity index (χ2n) is 6.21. The first-order valence-corrected chi connectivity index (χ1v) is 8.62. The highest BCUT2D eigenvalue weighted by molar-refractivity contribution is 5.99. The lowest BCUT2D eigenvalue weighted by molar-refractivity contribution is 1.24. The Morgan fingerprint density at radius 1 is 0.654 bits per heavy atom. The molecule has 26 heavy (non-hydrogen) atoms. The van der Waals surface area contributed by atoms with Gasteiger partial charge in [-0.3, -0.25) is 0 Å². The Balaban J connectivity index is 1.79. The fourth-order valence-electron chi connectivity index (χ4n) is 2.86. The zero-order valence-corrected chi connectivity index (χ0v) is 14.6. The van der Waals surface area contributed by atoms with Crippen LogP contribution in [0.1, 0.15) is 5.56 Å². The Bertz CT molecular complexity index is 1050. The van der Waals surface area contributed by atoms with Crippen LogP contribution in [0.25, 0.3) is 10.8 Å². The topological polar surface area (TPSA) is 36.8 Å². The average molecular weight is 337 g/mol. The molecule has 0 unspecified atom stereocenters. The lowest BCUT2D eigenvalue weighted by Gasteiger charge is -2.11. The molecule has 0 aliphatic carbocycles. The van der Waals surface area contributed by atoms with Crippen LogP contribution in [0.15, 0.2) is 101 Å². The summed E-state index contributed by atoms with van der Waals surface area (Å²) in [6, 6.07) is 30.5. The van der Waals surface area contributed by atoms with Gasteiger partial charge in [-0.2, -0.15) is 5.11 Å². The fourth-order valence-corrected chi connectivity index (χ4v) is 2.86. The molecule has 0 heterocycles. The number of fused-ring (bicyclic) bond motifs is 1. The second kappa shape index (κ2) is 7.19. The predicted molar refractivity (Wildman–Crippen MR) is 109 cm³/mol. The van der Waals surface area contributed by atoms with Crippen molar-refractivity contribution in [3.05, 3.63) is 96.6 Å². The second-order valence-corrected chi connectivity index (χ2v) is 6.21. The van der Waals surface area contributed by atoms with Gasteiger partial charge in [0.2, 0.25) is 0 Å². The first-order valence-electron chi connectivity index (χ1n) is 8.62. The minimum absolute atomic E-state index is 0.840. The van der Waals surface area contributed by atoms with Crippen LogP contribution >= 0.6 is 0 Å². The summed E-state index contributed by atoms with van der Waals surface area (Å²) in [5.41, 5.74) is 4.85. The normalized spacial score (nSPS) is 11.1. The molecule has 1 N–H and O–H groups in total. The maximum Gasteiger partial charge on any atom is 0.117 e. The minimum atomic E-state index is 0.840. The van der Waals surface area contributed by atoms with E-state index in [-0.39, 0.29) is 0 Å². The molecule has 4 aromatic carbocycles. The molecule has 4 rings (SSSR count). The average Bonchev–Trinajstić information content (AvgIpc) is 2.69. The summed E-state index contributed by atoms with van der Waals surface area (Å²) in [6.07, 6.45) is 0. The quantitative estimate of drug-likeness (QED) is 0.389. The van der Waals surface area contributed by atoms with Crippen LogP contribution < -0.4 is 5.32 Å². The van der Waals surface area contributed by atoms with E-state index < -0.39 is 0 Å². The van der Waals surface area contributed by atoms with E-state index in [1.165, 1.54) is 5.56 Å². The monoisotopic (exact) mass is 337 g/mol. The van der Waals surface area contributed by atoms with Gasteiger partial charge in [-0.15, -0.1) is 5.11 Å². The highest BCUT2D eigenvalue weighted by Crippen LogP contribution is 2.36. The number of aryl methyl sites for hydroxylation is 1. The largest absolute Gasteiger partial charge is 0.354 e. The molecule has 3 heteroatoms. The zero-order valence-electron chi connectivity index (χ0n) is 14.6. The van der Waals surface area contributed by atoms with Crippen LogP contribution in [0.3, 0.4) is 0 Å². The van der Waals surface area contributed by atoms with Crippen molar-refractivity contribution < 1.29 is 0 Å². The summed E-state index contributed by atoms with van der Waals surface area (Å²) in [4.78, 5) is 0. The van der Waals surface area contributed by atoms with Gasteiger partial charge in [0.25, 0.3) is 0 Å². The molecule has 0 radical (unpaired) electrons. The van der Waals surface area contributed by atoms with E-state index in [4.69, 9.17) is 0 Å². The number of azo groups is 1. The van der Waals surface area contributed by atoms with E-state index in [9.17, 15) is 0 Å². The number of hydrogen-bond donors (Lipinski definition) is 1. The van der Waals surface area contributed by atoms with Gasteiger partial charge in [-0.25, -0.2) is 0 Å². The van der Waals surface area contributed by atoms with E-state index in [1.807, 2.05) is 66.7 Å². The van der Waals surface area contributed by atoms with Gasteiger partial charge in [0.05, 0.1) is 11.4 Å². The molecule has 4 aromatic rings. The van der Waals surface area contributed by atoms with Crippen molar-refractivity contribution in [2.24, 2.45) is 10.2 Å². The van der Waals surface area contributed by atoms with Gasteiger partial charge in [-0.05, 0) is 42.6 Å². The van der Waals surface area contributed by atoms with Gasteiger partial charge < -0.3 is 5.32 Å². The number of rotatable bonds is 4. The SMILES string of the molecule is Cc1ccc(N=Nc2c(Nc3ccccc3)ccc3ccccc23)cc1. The summed E-state index contributed by atoms with van der Waals surface area (Å²) in [5.74, 6) is 0. The summed E-state index contributed by atoms with van der Waals surface area (Å²) in [7, 11) is 0. The van der Waals surface area contributed by atoms with Crippen molar-refractivity contribution in [2.45, 2.75) is 6.92 Å². The Labute approximate surface area is 153 Å². The molecule has 0 amide bonds. The van der Waals surface area contributed by atoms with Crippen LogP contribution in [0.4, 0.5) is 22.7 Å². The summed E-state index contributed by atoms with van der Waals surface area (Å²) in [5, 5.41) is 14.7. The molecular weight excluding hydrogens is 318 g/mol. The van der Waals surface area contributed by atoms with E-state index in [0.29, 0.717) is 0 Å². The summed E-state index contributed by atoms with van der Waals surface area (Å²) in [6.45, 7) is 2.06. The number of nitrogens with zero attached hydrogens (tertiary/aromatic N) is 2. The first-order chi connectivity index (χ1) is 12.8. The predicted octanol–water partition coefficient (Wildman–Crippen LogP) is 7.31. The van der Waals surface area contributed by atoms with Crippen molar-refractivity contribution in [1.29, 1.82) is 0 Å². The smallest absolute Gasteiger partial charge is 0.117 e. The molecule has 0 bridgehead atoms. The molecule has 126 valence electrons. The van der Waals surface area contributed by atoms with Crippen LogP contribution in [0, 0.1) is 6.92 Å². The minimum Gasteiger partial charge on any atom is -0.354 e. The standard InChI is InChI=1S/C23H19N3/c1-17-11-14-20(15-12-17)25-26-23-21-10-6-5-7-18(21)13-16-22(23)24-19-8-3-2-4-9-19/h2-16,24H,1H3. The number of anilines is 2. The Kier molecular flexibility index (Phi) is 4.44. The Morgan fingerprint density at radius 2 is 1.38 bits per heavy atom. The molecule has 0 spiro atoms. The van der Waals surface area contributed by atoms with Gasteiger partial charge in [0, 0.05) is 11.1 Å². The number of nitrogens with one attached hydrogen (secondary N) is 1. The number of hydrogen-bond acceptors (Lipinski definition) is 3. The molecule has 0 aromatic heterocycles. The number of benzene rings is 4. The van der Waals surface area contributed by atoms with Crippen LogP contribution in [0.2, 0.25) is 0 Å². The third-order valence-corrected chi connectivity index (χ3v) is 4.25. The van der Waals surface area contributed by atoms with Crippen LogP contribution in [-0.4, -0.2) is 0 Å². The van der Waals surface area contributed by atoms with Crippen molar-refractivity contribution in [2.75, 3.05) is 5.32 Å². The van der Waals surface area contributed by atoms with E-state index >= 15 is 0 Å². The van der Waals surface area contributed by atoms with Crippen molar-refractivity contribution >= 4 is 33.5 Å². The first kappa shape index (κ1) is 16.0. The number of para-hydroxylation sites is 1. The fraction of sp³-hybridized carbons (Fsp3) is 0.0435. The van der Waals surface area contributed by atoms with Crippen LogP contribution in [-0.2, 0) is 0 Å². The molecule has 0 atom stereocenters. The lowest BCUT2D eigenvalue weighted by atomic mass is 10.1. The Morgan fingerprint density at radius 3 is 2.19 bits per heavy atom. The van der Waals surface area contributed by atoms with Crippen molar-refractivity contribution in [1.82, 2.24) is 0 Å². The maximum absolute atomic E-state index is 4.59. The molecule has 3 nitrogen and oxygen atoms in total. The zero-order chi connectivity index (χ0) is 17.8. The maximum atomic E-state index is 4.59. The molecule has 0 fully saturated rings. The van der Waals surface area contributed by atoms with Gasteiger partial charge >= 0.3 is 0 Å². The van der Waals surface area contributed by atoms with E-state index in [2.05, 4.69) is 46.7 Å². The van der Waals surface area contributed by atoms with Gasteiger partial charge in [-0.1, -0.05) is 66.2 Å². The highest BCUT2D eigenvalue weighted by Gasteiger charge is 2.08.